The van der Waals surface area contributed by atoms with Crippen molar-refractivity contribution >= 4 is 39.8 Å². The van der Waals surface area contributed by atoms with Crippen molar-refractivity contribution in [1.82, 2.24) is 10.2 Å². The maximum atomic E-state index is 13.7. The predicted molar refractivity (Wildman–Crippen MR) is 181 cm³/mol. The van der Waals surface area contributed by atoms with Crippen LogP contribution in [0.5, 0.6) is 5.75 Å². The van der Waals surface area contributed by atoms with Crippen LogP contribution in [-0.4, -0.2) is 61.7 Å². The number of nitrogens with one attached hydrogen (secondary N) is 1. The number of methoxy groups -OCH3 is 1. The van der Waals surface area contributed by atoms with Gasteiger partial charge in [-0.3, -0.25) is 4.79 Å². The van der Waals surface area contributed by atoms with Crippen molar-refractivity contribution in [2.24, 2.45) is 22.1 Å². The first-order valence-electron chi connectivity index (χ1n) is 16.5. The topological polar surface area (TPSA) is 101 Å². The van der Waals surface area contributed by atoms with Crippen molar-refractivity contribution in [2.45, 2.75) is 69.9 Å². The Balaban J connectivity index is 1.36. The van der Waals surface area contributed by atoms with Gasteiger partial charge in [-0.25, -0.2) is 4.79 Å². The molecule has 1 aliphatic carbocycles. The number of aryl methyl sites for hydroxylation is 1. The van der Waals surface area contributed by atoms with Crippen LogP contribution < -0.4 is 15.0 Å². The molecular formula is C35H44ClN4O5S-. The number of fused-ring (bicyclic) bond motifs is 3. The fourth-order valence-corrected chi connectivity index (χ4v) is 8.07. The third-order valence-electron chi connectivity index (χ3n) is 9.96. The monoisotopic (exact) mass is 667 g/mol. The number of hydrogen-bond donors (Lipinski definition) is 1. The number of benzene rings is 2. The number of carbonyl (C=O) groups excluding carboxylic acids is 2. The average molecular weight is 668 g/mol. The summed E-state index contributed by atoms with van der Waals surface area (Å²) >= 11 is 6.43. The highest BCUT2D eigenvalue weighted by atomic mass is 35.5. The minimum atomic E-state index is -2.00. The van der Waals surface area contributed by atoms with Gasteiger partial charge in [-0.15, -0.1) is 0 Å². The fourth-order valence-electron chi connectivity index (χ4n) is 6.78. The van der Waals surface area contributed by atoms with E-state index in [1.807, 2.05) is 25.1 Å². The van der Waals surface area contributed by atoms with Gasteiger partial charge in [0.05, 0.1) is 31.5 Å². The van der Waals surface area contributed by atoms with E-state index in [-0.39, 0.29) is 18.1 Å². The summed E-state index contributed by atoms with van der Waals surface area (Å²) in [6, 6.07) is 11.2. The standard InChI is InChI=1S/C35H44ClN4O5S/c1-23-7-3-4-8-24-10-11-27(24)19-39-20-28-12-14-29(36)17-25(28)9-5-6-16-45-32-15-13-26(18-31(32)39)33(41)38-46(43)34(23)37-35(42)40-21-30(22-40)44-2/h3-4,12-15,17-18,23-24,27,30,34H,5-11,16,19-22H2,1-2H3,(H,37,42)/q-1/b4-3+/t23-,24+,27-,34?/m0/s1. The van der Waals surface area contributed by atoms with E-state index >= 15 is 0 Å². The molecule has 3 aliphatic heterocycles. The number of likely N-dealkylation sites (tertiary alicyclic amines) is 1. The third-order valence-corrected chi connectivity index (χ3v) is 11.6. The molecule has 46 heavy (non-hydrogen) atoms. The Morgan fingerprint density at radius 3 is 2.63 bits per heavy atom. The Kier molecular flexibility index (Phi) is 10.6. The SMILES string of the molecule is COC1CN(C(=O)NC2[C@@H](C)C/C=C/C[C@@H]3CC[C@H]3CN3Cc4ccc(Cl)cc4CCCCOc4ccc(cc43)C(=O)N=[S-]2=O)C1. The van der Waals surface area contributed by atoms with E-state index in [1.165, 1.54) is 17.5 Å². The molecule has 9 nitrogen and oxygen atoms in total. The third kappa shape index (κ3) is 7.55. The lowest BCUT2D eigenvalue weighted by Gasteiger charge is -2.41. The second kappa shape index (κ2) is 14.8. The van der Waals surface area contributed by atoms with Gasteiger partial charge in [0.2, 0.25) is 0 Å². The normalized spacial score (nSPS) is 27.0. The Morgan fingerprint density at radius 1 is 1.04 bits per heavy atom. The second-order valence-electron chi connectivity index (χ2n) is 13.1. The maximum Gasteiger partial charge on any atom is 0.316 e. The van der Waals surface area contributed by atoms with Crippen molar-refractivity contribution in [3.05, 3.63) is 70.3 Å². The van der Waals surface area contributed by atoms with E-state index in [4.69, 9.17) is 21.1 Å². The molecule has 3 amide bonds. The number of urea groups is 1. The number of hydrogen-bond acceptors (Lipinski definition) is 7. The van der Waals surface area contributed by atoms with Gasteiger partial charge in [0.1, 0.15) is 5.75 Å². The molecule has 2 aromatic rings. The van der Waals surface area contributed by atoms with Crippen molar-refractivity contribution in [1.29, 1.82) is 0 Å². The molecule has 2 bridgehead atoms. The largest absolute Gasteiger partial charge is 0.491 e. The van der Waals surface area contributed by atoms with Crippen LogP contribution in [0.2, 0.25) is 5.02 Å². The van der Waals surface area contributed by atoms with Crippen LogP contribution in [-0.2, 0) is 32.5 Å². The minimum absolute atomic E-state index is 0.000550. The molecule has 2 aromatic carbocycles. The maximum absolute atomic E-state index is 13.7. The van der Waals surface area contributed by atoms with Crippen molar-refractivity contribution in [3.63, 3.8) is 0 Å². The van der Waals surface area contributed by atoms with Gasteiger partial charge in [0.25, 0.3) is 5.91 Å². The molecule has 1 unspecified atom stereocenters. The Morgan fingerprint density at radius 2 is 1.85 bits per heavy atom. The lowest BCUT2D eigenvalue weighted by atomic mass is 9.71. The number of anilines is 1. The number of halogens is 1. The van der Waals surface area contributed by atoms with Crippen LogP contribution in [0.3, 0.4) is 0 Å². The molecule has 4 aliphatic rings. The molecule has 0 radical (unpaired) electrons. The van der Waals surface area contributed by atoms with E-state index in [1.54, 1.807) is 18.1 Å². The summed E-state index contributed by atoms with van der Waals surface area (Å²) in [5, 5.41) is 2.83. The van der Waals surface area contributed by atoms with Gasteiger partial charge in [0.15, 0.2) is 0 Å². The second-order valence-corrected chi connectivity index (χ2v) is 14.8. The van der Waals surface area contributed by atoms with Gasteiger partial charge in [-0.1, -0.05) is 36.7 Å². The van der Waals surface area contributed by atoms with Crippen LogP contribution >= 0.6 is 11.6 Å². The van der Waals surface area contributed by atoms with E-state index in [2.05, 4.69) is 38.9 Å². The van der Waals surface area contributed by atoms with Crippen LogP contribution in [0.1, 0.15) is 66.9 Å². The number of rotatable bonds is 2. The van der Waals surface area contributed by atoms with E-state index in [0.29, 0.717) is 50.1 Å². The molecule has 1 N–H and O–H groups in total. The highest BCUT2D eigenvalue weighted by molar-refractivity contribution is 7.75. The van der Waals surface area contributed by atoms with Crippen molar-refractivity contribution in [2.75, 3.05) is 38.3 Å². The summed E-state index contributed by atoms with van der Waals surface area (Å²) in [5.74, 6) is 0.999. The van der Waals surface area contributed by atoms with Crippen LogP contribution in [0, 0.1) is 17.8 Å². The molecule has 6 rings (SSSR count). The number of carbonyl (C=O) groups is 2. The zero-order chi connectivity index (χ0) is 32.2. The summed E-state index contributed by atoms with van der Waals surface area (Å²) in [6.07, 6.45) is 11.1. The average Bonchev–Trinajstić information content (AvgIpc) is 3.03. The van der Waals surface area contributed by atoms with Crippen LogP contribution in [0.25, 0.3) is 0 Å². The highest BCUT2D eigenvalue weighted by Gasteiger charge is 2.33. The first kappa shape index (κ1) is 32.8. The Labute approximate surface area is 278 Å². The molecule has 3 heterocycles. The minimum Gasteiger partial charge on any atom is -0.491 e. The lowest BCUT2D eigenvalue weighted by Crippen LogP contribution is -2.59. The van der Waals surface area contributed by atoms with Gasteiger partial charge in [0, 0.05) is 30.8 Å². The molecule has 1 saturated heterocycles. The van der Waals surface area contributed by atoms with Crippen LogP contribution in [0.15, 0.2) is 52.9 Å². The molecule has 248 valence electrons. The predicted octanol–water partition coefficient (Wildman–Crippen LogP) is 6.73. The summed E-state index contributed by atoms with van der Waals surface area (Å²) in [5.41, 5.74) is 3.64. The smallest absolute Gasteiger partial charge is 0.316 e. The van der Waals surface area contributed by atoms with Crippen molar-refractivity contribution < 1.29 is 23.3 Å². The number of nitrogens with zero attached hydrogens (tertiary/aromatic N) is 3. The van der Waals surface area contributed by atoms with E-state index in [0.717, 1.165) is 55.1 Å². The van der Waals surface area contributed by atoms with E-state index in [9.17, 15) is 13.8 Å². The Hall–Kier alpha value is -3.08. The summed E-state index contributed by atoms with van der Waals surface area (Å²) < 4.78 is 29.5. The molecule has 0 spiro atoms. The molecule has 11 heteroatoms. The first-order chi connectivity index (χ1) is 22.3. The van der Waals surface area contributed by atoms with Gasteiger partial charge in [-0.2, -0.15) is 10.6 Å². The molecule has 1 saturated carbocycles. The molecular weight excluding hydrogens is 624 g/mol. The summed E-state index contributed by atoms with van der Waals surface area (Å²) in [6.45, 7) is 4.95. The fraction of sp³-hybridized carbons (Fsp3) is 0.543. The summed E-state index contributed by atoms with van der Waals surface area (Å²) in [7, 11) is -0.379. The quantitative estimate of drug-likeness (QED) is 0.282. The molecule has 4 atom stereocenters. The highest BCUT2D eigenvalue weighted by Crippen LogP contribution is 2.41. The Bertz CT molecular complexity index is 1550. The molecule has 2 fully saturated rings. The first-order valence-corrected chi connectivity index (χ1v) is 18.0. The zero-order valence-electron chi connectivity index (χ0n) is 26.7. The number of allylic oxidation sites excluding steroid dienone is 2. The zero-order valence-corrected chi connectivity index (χ0v) is 28.2. The number of ether oxygens (including phenoxy) is 2. The summed E-state index contributed by atoms with van der Waals surface area (Å²) in [4.78, 5) is 30.6. The van der Waals surface area contributed by atoms with Gasteiger partial charge < -0.3 is 33.2 Å². The lowest BCUT2D eigenvalue weighted by molar-refractivity contribution is -0.00798. The van der Waals surface area contributed by atoms with Gasteiger partial charge >= 0.3 is 6.03 Å². The van der Waals surface area contributed by atoms with E-state index < -0.39 is 21.9 Å². The van der Waals surface area contributed by atoms with Gasteiger partial charge in [-0.05, 0) is 110 Å². The van der Waals surface area contributed by atoms with Crippen molar-refractivity contribution in [3.8, 4) is 5.75 Å². The van der Waals surface area contributed by atoms with Crippen LogP contribution in [0.4, 0.5) is 10.5 Å². The number of amides is 3. The molecule has 0 aromatic heterocycles.